The Balaban J connectivity index is 1.85. The molecule has 0 radical (unpaired) electrons. The standard InChI is InChI=1S/C18H19FN10O4S2/c19-8-5-11(15-12(6-8)23-18(20)24-15)10-1-2-13(35(32,33)27-9-3-4-22-7-9)16(34(21,30)31)14(10)17-25-28-29-26-17/h1-2,5-6,9,22,27H,3-4,7H2,(H3,20,23,24)(H2,21,30,31)(H,25,26,28,29)/t9-/m1/s1. The molecular formula is C18H19FN10O4S2. The van der Waals surface area contributed by atoms with Crippen LogP contribution in [0.3, 0.4) is 0 Å². The van der Waals surface area contributed by atoms with Gasteiger partial charge < -0.3 is 16.0 Å². The van der Waals surface area contributed by atoms with E-state index in [0.717, 1.165) is 18.2 Å². The second kappa shape index (κ2) is 8.31. The number of primary sulfonamides is 1. The van der Waals surface area contributed by atoms with E-state index in [-0.39, 0.29) is 39.5 Å². The number of rotatable bonds is 6. The summed E-state index contributed by atoms with van der Waals surface area (Å²) < 4.78 is 69.3. The predicted octanol–water partition coefficient (Wildman–Crippen LogP) is -0.581. The minimum absolute atomic E-state index is 0.00465. The molecule has 0 amide bonds. The Hall–Kier alpha value is -3.51. The van der Waals surface area contributed by atoms with Gasteiger partial charge in [0.1, 0.15) is 15.6 Å². The van der Waals surface area contributed by atoms with E-state index in [0.29, 0.717) is 19.5 Å². The van der Waals surface area contributed by atoms with Gasteiger partial charge >= 0.3 is 0 Å². The molecule has 1 aliphatic rings. The smallest absolute Gasteiger partial charge is 0.242 e. The number of nitrogen functional groups attached to an aromatic ring is 1. The number of aromatic nitrogens is 6. The van der Waals surface area contributed by atoms with Crippen LogP contribution in [0.25, 0.3) is 33.5 Å². The summed E-state index contributed by atoms with van der Waals surface area (Å²) in [6.07, 6.45) is 0.517. The van der Waals surface area contributed by atoms with E-state index in [4.69, 9.17) is 10.9 Å². The van der Waals surface area contributed by atoms with Crippen LogP contribution in [0.2, 0.25) is 0 Å². The number of benzene rings is 2. The van der Waals surface area contributed by atoms with Gasteiger partial charge in [-0.3, -0.25) is 0 Å². The van der Waals surface area contributed by atoms with Gasteiger partial charge in [-0.2, -0.15) is 0 Å². The van der Waals surface area contributed by atoms with E-state index in [2.05, 4.69) is 40.6 Å². The Morgan fingerprint density at radius 2 is 1.94 bits per heavy atom. The molecule has 35 heavy (non-hydrogen) atoms. The highest BCUT2D eigenvalue weighted by Crippen LogP contribution is 2.41. The molecular weight excluding hydrogens is 503 g/mol. The molecule has 0 unspecified atom stereocenters. The van der Waals surface area contributed by atoms with Gasteiger partial charge in [-0.15, -0.1) is 5.10 Å². The zero-order valence-corrected chi connectivity index (χ0v) is 19.4. The Bertz CT molecular complexity index is 1650. The van der Waals surface area contributed by atoms with E-state index >= 15 is 0 Å². The number of nitrogens with zero attached hydrogens (tertiary/aromatic N) is 4. The van der Waals surface area contributed by atoms with Crippen LogP contribution < -0.4 is 20.9 Å². The molecule has 0 spiro atoms. The van der Waals surface area contributed by atoms with Crippen molar-refractivity contribution in [2.45, 2.75) is 22.3 Å². The molecule has 0 aliphatic carbocycles. The van der Waals surface area contributed by atoms with Crippen molar-refractivity contribution >= 4 is 37.0 Å². The van der Waals surface area contributed by atoms with Crippen LogP contribution in [0.5, 0.6) is 0 Å². The van der Waals surface area contributed by atoms with Crippen molar-refractivity contribution in [1.29, 1.82) is 0 Å². The van der Waals surface area contributed by atoms with E-state index < -0.39 is 41.7 Å². The minimum Gasteiger partial charge on any atom is -0.369 e. The van der Waals surface area contributed by atoms with Crippen LogP contribution in [0.1, 0.15) is 6.42 Å². The number of tetrazole rings is 1. The lowest BCUT2D eigenvalue weighted by atomic mass is 9.97. The Morgan fingerprint density at radius 3 is 2.60 bits per heavy atom. The lowest BCUT2D eigenvalue weighted by Gasteiger charge is -2.18. The SMILES string of the molecule is Nc1nc2c(-c3ccc(S(=O)(=O)N[C@@H]4CCNC4)c(S(N)(=O)=O)c3-c3nnn[nH]3)cc(F)cc2[nH]1. The summed E-state index contributed by atoms with van der Waals surface area (Å²) in [5.74, 6) is -0.887. The molecule has 184 valence electrons. The van der Waals surface area contributed by atoms with Crippen molar-refractivity contribution in [3.63, 3.8) is 0 Å². The molecule has 17 heteroatoms. The maximum atomic E-state index is 14.5. The van der Waals surface area contributed by atoms with E-state index in [1.165, 1.54) is 6.07 Å². The van der Waals surface area contributed by atoms with Crippen molar-refractivity contribution < 1.29 is 21.2 Å². The van der Waals surface area contributed by atoms with Crippen LogP contribution in [-0.4, -0.2) is 66.6 Å². The zero-order chi connectivity index (χ0) is 25.0. The van der Waals surface area contributed by atoms with Crippen LogP contribution in [0, 0.1) is 5.82 Å². The van der Waals surface area contributed by atoms with Crippen LogP contribution in [-0.2, 0) is 20.0 Å². The van der Waals surface area contributed by atoms with Gasteiger partial charge in [-0.1, -0.05) is 6.07 Å². The maximum Gasteiger partial charge on any atom is 0.242 e. The number of fused-ring (bicyclic) bond motifs is 1. The number of imidazole rings is 1. The highest BCUT2D eigenvalue weighted by molar-refractivity contribution is 7.92. The number of hydrogen-bond acceptors (Lipinski definition) is 10. The summed E-state index contributed by atoms with van der Waals surface area (Å²) in [6, 6.07) is 4.22. The van der Waals surface area contributed by atoms with Crippen molar-refractivity contribution in [1.82, 2.24) is 40.6 Å². The van der Waals surface area contributed by atoms with Crippen molar-refractivity contribution in [3.8, 4) is 22.5 Å². The molecule has 1 aliphatic heterocycles. The summed E-state index contributed by atoms with van der Waals surface area (Å²) in [5.41, 5.74) is 6.10. The first-order chi connectivity index (χ1) is 16.5. The van der Waals surface area contributed by atoms with Crippen LogP contribution in [0.15, 0.2) is 34.1 Å². The molecule has 2 aromatic carbocycles. The van der Waals surface area contributed by atoms with Gasteiger partial charge in [0.05, 0.1) is 16.6 Å². The summed E-state index contributed by atoms with van der Waals surface area (Å²) in [7, 11) is -9.06. The van der Waals surface area contributed by atoms with Gasteiger partial charge in [0.2, 0.25) is 20.0 Å². The summed E-state index contributed by atoms with van der Waals surface area (Å²) in [5, 5.41) is 21.7. The molecule has 14 nitrogen and oxygen atoms in total. The largest absolute Gasteiger partial charge is 0.369 e. The van der Waals surface area contributed by atoms with Gasteiger partial charge in [-0.25, -0.2) is 41.2 Å². The number of anilines is 1. The molecule has 3 heterocycles. The highest BCUT2D eigenvalue weighted by Gasteiger charge is 2.34. The van der Waals surface area contributed by atoms with Crippen LogP contribution in [0.4, 0.5) is 10.3 Å². The third-order valence-electron chi connectivity index (χ3n) is 5.52. The van der Waals surface area contributed by atoms with Gasteiger partial charge in [-0.05, 0) is 47.2 Å². The predicted molar refractivity (Wildman–Crippen MR) is 122 cm³/mol. The molecule has 1 fully saturated rings. The molecule has 8 N–H and O–H groups in total. The first-order valence-electron chi connectivity index (χ1n) is 10.2. The first kappa shape index (κ1) is 23.2. The van der Waals surface area contributed by atoms with E-state index in [1.54, 1.807) is 0 Å². The van der Waals surface area contributed by atoms with Gasteiger partial charge in [0.15, 0.2) is 11.8 Å². The Kier molecular flexibility index (Phi) is 5.52. The topological polar surface area (TPSA) is 228 Å². The van der Waals surface area contributed by atoms with Gasteiger partial charge in [0, 0.05) is 18.2 Å². The first-order valence-corrected chi connectivity index (χ1v) is 13.2. The number of nitrogens with one attached hydrogen (secondary N) is 4. The molecule has 0 bridgehead atoms. The molecule has 5 rings (SSSR count). The molecule has 1 saturated heterocycles. The maximum absolute atomic E-state index is 14.5. The monoisotopic (exact) mass is 522 g/mol. The number of sulfonamides is 2. The van der Waals surface area contributed by atoms with Crippen molar-refractivity contribution in [3.05, 3.63) is 30.1 Å². The Labute approximate surface area is 197 Å². The van der Waals surface area contributed by atoms with Gasteiger partial charge in [0.25, 0.3) is 0 Å². The average Bonchev–Trinajstić information content (AvgIpc) is 3.53. The fourth-order valence-corrected chi connectivity index (χ4v) is 7.00. The highest BCUT2D eigenvalue weighted by atomic mass is 32.2. The fraction of sp³-hybridized carbons (Fsp3) is 0.222. The number of nitrogens with two attached hydrogens (primary N) is 2. The molecule has 4 aromatic rings. The molecule has 1 atom stereocenters. The number of H-pyrrole nitrogens is 2. The average molecular weight is 523 g/mol. The van der Waals surface area contributed by atoms with Crippen LogP contribution >= 0.6 is 0 Å². The molecule has 0 saturated carbocycles. The molecule has 2 aromatic heterocycles. The Morgan fingerprint density at radius 1 is 1.14 bits per heavy atom. The van der Waals surface area contributed by atoms with Crippen molar-refractivity contribution in [2.24, 2.45) is 5.14 Å². The minimum atomic E-state index is -4.69. The quantitative estimate of drug-likeness (QED) is 0.189. The van der Waals surface area contributed by atoms with E-state index in [9.17, 15) is 21.2 Å². The fourth-order valence-electron chi connectivity index (χ4n) is 4.13. The van der Waals surface area contributed by atoms with Crippen molar-refractivity contribution in [2.75, 3.05) is 18.8 Å². The number of hydrogen-bond donors (Lipinski definition) is 6. The zero-order valence-electron chi connectivity index (χ0n) is 17.8. The summed E-state index contributed by atoms with van der Waals surface area (Å²) in [4.78, 5) is 5.51. The van der Waals surface area contributed by atoms with E-state index in [1.807, 2.05) is 0 Å². The number of aromatic amines is 2. The third-order valence-corrected chi connectivity index (χ3v) is 8.20. The second-order valence-electron chi connectivity index (χ2n) is 7.89. The lowest BCUT2D eigenvalue weighted by Crippen LogP contribution is -2.37. The third kappa shape index (κ3) is 4.23. The normalized spacial score (nSPS) is 16.8. The second-order valence-corrected chi connectivity index (χ2v) is 11.1. The summed E-state index contributed by atoms with van der Waals surface area (Å²) in [6.45, 7) is 0.980. The lowest BCUT2D eigenvalue weighted by molar-refractivity contribution is 0.555. The summed E-state index contributed by atoms with van der Waals surface area (Å²) >= 11 is 0. The number of halogens is 1.